The predicted molar refractivity (Wildman–Crippen MR) is 131 cm³/mol. The third-order valence-corrected chi connectivity index (χ3v) is 5.41. The average Bonchev–Trinajstić information content (AvgIpc) is 2.84. The smallest absolute Gasteiger partial charge is 0.280 e. The number of para-hydroxylation sites is 1. The van der Waals surface area contributed by atoms with Crippen LogP contribution in [0, 0.1) is 0 Å². The van der Waals surface area contributed by atoms with Crippen molar-refractivity contribution in [2.45, 2.75) is 0 Å². The van der Waals surface area contributed by atoms with Crippen molar-refractivity contribution in [3.63, 3.8) is 0 Å². The minimum atomic E-state index is -0.596. The van der Waals surface area contributed by atoms with Crippen molar-refractivity contribution in [1.82, 2.24) is 9.66 Å². The molecule has 0 aliphatic carbocycles. The lowest BCUT2D eigenvalue weighted by molar-refractivity contribution is -0.119. The van der Waals surface area contributed by atoms with Crippen LogP contribution in [0.3, 0.4) is 0 Å². The molecule has 1 heterocycles. The Hall–Kier alpha value is -3.75. The SMILES string of the molecule is COc1cc(OC)cc(-c2nc3ccccc3c(=O)n2NC(=O)COc2ccc(Cl)cc2Cl)c1. The molecule has 34 heavy (non-hydrogen) atoms. The number of aromatic nitrogens is 2. The predicted octanol–water partition coefficient (Wildman–Crippen LogP) is 4.54. The minimum Gasteiger partial charge on any atom is -0.497 e. The lowest BCUT2D eigenvalue weighted by Gasteiger charge is -2.16. The highest BCUT2D eigenvalue weighted by Crippen LogP contribution is 2.29. The molecule has 10 heteroatoms. The van der Waals surface area contributed by atoms with E-state index in [-0.39, 0.29) is 16.6 Å². The van der Waals surface area contributed by atoms with Crippen molar-refractivity contribution in [2.24, 2.45) is 0 Å². The van der Waals surface area contributed by atoms with E-state index in [9.17, 15) is 9.59 Å². The zero-order valence-corrected chi connectivity index (χ0v) is 19.7. The van der Waals surface area contributed by atoms with Gasteiger partial charge in [0.25, 0.3) is 11.5 Å². The lowest BCUT2D eigenvalue weighted by Crippen LogP contribution is -2.37. The zero-order valence-electron chi connectivity index (χ0n) is 18.2. The molecule has 4 rings (SSSR count). The van der Waals surface area contributed by atoms with Gasteiger partial charge in [-0.15, -0.1) is 0 Å². The first kappa shape index (κ1) is 23.4. The quantitative estimate of drug-likeness (QED) is 0.401. The Labute approximate surface area is 204 Å². The normalized spacial score (nSPS) is 10.7. The molecule has 0 radical (unpaired) electrons. The molecule has 0 bridgehead atoms. The van der Waals surface area contributed by atoms with Gasteiger partial charge in [0.05, 0.1) is 30.1 Å². The molecule has 0 atom stereocenters. The summed E-state index contributed by atoms with van der Waals surface area (Å²) in [6, 6.07) is 16.6. The Kier molecular flexibility index (Phi) is 6.90. The van der Waals surface area contributed by atoms with Crippen LogP contribution in [0.25, 0.3) is 22.3 Å². The summed E-state index contributed by atoms with van der Waals surface area (Å²) in [6.07, 6.45) is 0. The van der Waals surface area contributed by atoms with Crippen LogP contribution in [0.4, 0.5) is 0 Å². The monoisotopic (exact) mass is 499 g/mol. The summed E-state index contributed by atoms with van der Waals surface area (Å²) in [4.78, 5) is 30.7. The number of carbonyl (C=O) groups is 1. The molecule has 0 aliphatic rings. The molecule has 0 saturated heterocycles. The first-order valence-electron chi connectivity index (χ1n) is 10.0. The van der Waals surface area contributed by atoms with Gasteiger partial charge in [-0.2, -0.15) is 4.68 Å². The van der Waals surface area contributed by atoms with Gasteiger partial charge in [-0.3, -0.25) is 15.0 Å². The molecule has 0 unspecified atom stereocenters. The van der Waals surface area contributed by atoms with E-state index in [4.69, 9.17) is 37.4 Å². The van der Waals surface area contributed by atoms with Crippen LogP contribution in [0.2, 0.25) is 10.0 Å². The van der Waals surface area contributed by atoms with Gasteiger partial charge in [0.1, 0.15) is 17.2 Å². The van der Waals surface area contributed by atoms with Crippen LogP contribution >= 0.6 is 23.2 Å². The Bertz CT molecular complexity index is 1420. The van der Waals surface area contributed by atoms with E-state index in [0.29, 0.717) is 33.0 Å². The van der Waals surface area contributed by atoms with Crippen molar-refractivity contribution in [1.29, 1.82) is 0 Å². The number of carbonyl (C=O) groups excluding carboxylic acids is 1. The van der Waals surface area contributed by atoms with E-state index >= 15 is 0 Å². The van der Waals surface area contributed by atoms with Gasteiger partial charge in [-0.25, -0.2) is 4.98 Å². The number of nitrogens with one attached hydrogen (secondary N) is 1. The van der Waals surface area contributed by atoms with Crippen molar-refractivity contribution < 1.29 is 19.0 Å². The summed E-state index contributed by atoms with van der Waals surface area (Å²) in [5, 5.41) is 1.03. The van der Waals surface area contributed by atoms with Crippen LogP contribution in [0.1, 0.15) is 0 Å². The van der Waals surface area contributed by atoms with Gasteiger partial charge in [0, 0.05) is 16.7 Å². The number of ether oxygens (including phenoxy) is 3. The highest BCUT2D eigenvalue weighted by atomic mass is 35.5. The fourth-order valence-corrected chi connectivity index (χ4v) is 3.72. The highest BCUT2D eigenvalue weighted by Gasteiger charge is 2.17. The molecule has 174 valence electrons. The third kappa shape index (κ3) is 4.93. The molecule has 0 saturated carbocycles. The van der Waals surface area contributed by atoms with E-state index < -0.39 is 18.1 Å². The van der Waals surface area contributed by atoms with Gasteiger partial charge in [0.2, 0.25) is 0 Å². The molecule has 1 aromatic heterocycles. The van der Waals surface area contributed by atoms with E-state index in [1.54, 1.807) is 54.6 Å². The fourth-order valence-electron chi connectivity index (χ4n) is 3.26. The number of hydrogen-bond donors (Lipinski definition) is 1. The molecule has 0 fully saturated rings. The van der Waals surface area contributed by atoms with Crippen LogP contribution in [0.5, 0.6) is 17.2 Å². The van der Waals surface area contributed by atoms with Crippen LogP contribution in [-0.2, 0) is 4.79 Å². The summed E-state index contributed by atoms with van der Waals surface area (Å²) in [5.74, 6) is 0.869. The molecule has 1 amide bonds. The summed E-state index contributed by atoms with van der Waals surface area (Å²) in [7, 11) is 3.03. The van der Waals surface area contributed by atoms with E-state index in [2.05, 4.69) is 10.4 Å². The first-order valence-corrected chi connectivity index (χ1v) is 10.8. The van der Waals surface area contributed by atoms with Gasteiger partial charge >= 0.3 is 0 Å². The maximum Gasteiger partial charge on any atom is 0.280 e. The van der Waals surface area contributed by atoms with Gasteiger partial charge in [0.15, 0.2) is 12.4 Å². The second kappa shape index (κ2) is 10.0. The molecule has 1 N–H and O–H groups in total. The molecular formula is C24H19Cl2N3O5. The van der Waals surface area contributed by atoms with Crippen molar-refractivity contribution >= 4 is 40.0 Å². The van der Waals surface area contributed by atoms with Gasteiger partial charge < -0.3 is 14.2 Å². The second-order valence-electron chi connectivity index (χ2n) is 7.09. The van der Waals surface area contributed by atoms with Crippen molar-refractivity contribution in [3.8, 4) is 28.6 Å². The zero-order chi connectivity index (χ0) is 24.2. The van der Waals surface area contributed by atoms with E-state index in [0.717, 1.165) is 4.68 Å². The summed E-state index contributed by atoms with van der Waals surface area (Å²) in [5.41, 5.74) is 3.09. The maximum absolute atomic E-state index is 13.3. The average molecular weight is 500 g/mol. The number of benzene rings is 3. The number of fused-ring (bicyclic) bond motifs is 1. The summed E-state index contributed by atoms with van der Waals surface area (Å²) < 4.78 is 17.2. The molecular weight excluding hydrogens is 481 g/mol. The van der Waals surface area contributed by atoms with E-state index in [1.165, 1.54) is 20.3 Å². The molecule has 8 nitrogen and oxygen atoms in total. The summed E-state index contributed by atoms with van der Waals surface area (Å²) >= 11 is 12.0. The van der Waals surface area contributed by atoms with Crippen molar-refractivity contribution in [3.05, 3.63) is 81.1 Å². The van der Waals surface area contributed by atoms with Crippen LogP contribution in [-0.4, -0.2) is 36.4 Å². The van der Waals surface area contributed by atoms with Gasteiger partial charge in [-0.1, -0.05) is 35.3 Å². The highest BCUT2D eigenvalue weighted by molar-refractivity contribution is 6.35. The molecule has 3 aromatic carbocycles. The Balaban J connectivity index is 1.73. The number of methoxy groups -OCH3 is 2. The summed E-state index contributed by atoms with van der Waals surface area (Å²) in [6.45, 7) is -0.401. The first-order chi connectivity index (χ1) is 16.4. The van der Waals surface area contributed by atoms with Crippen LogP contribution < -0.4 is 25.2 Å². The third-order valence-electron chi connectivity index (χ3n) is 4.87. The molecule has 0 spiro atoms. The molecule has 0 aliphatic heterocycles. The largest absolute Gasteiger partial charge is 0.497 e. The number of amides is 1. The maximum atomic E-state index is 13.3. The topological polar surface area (TPSA) is 91.7 Å². The molecule has 4 aromatic rings. The number of rotatable bonds is 7. The lowest BCUT2D eigenvalue weighted by atomic mass is 10.1. The standard InChI is InChI=1S/C24H19Cl2N3O5/c1-32-16-9-14(10-17(12-16)33-2)23-27-20-6-4-3-5-18(20)24(31)29(23)28-22(30)13-34-21-8-7-15(25)11-19(21)26/h3-12H,13H2,1-2H3,(H,28,30). The number of halogens is 2. The van der Waals surface area contributed by atoms with E-state index in [1.807, 2.05) is 0 Å². The Morgan fingerprint density at radius 1 is 1.00 bits per heavy atom. The second-order valence-corrected chi connectivity index (χ2v) is 7.94. The van der Waals surface area contributed by atoms with Crippen molar-refractivity contribution in [2.75, 3.05) is 26.3 Å². The number of nitrogens with zero attached hydrogens (tertiary/aromatic N) is 2. The fraction of sp³-hybridized carbons (Fsp3) is 0.125. The minimum absolute atomic E-state index is 0.193. The Morgan fingerprint density at radius 2 is 1.71 bits per heavy atom. The Morgan fingerprint density at radius 3 is 2.38 bits per heavy atom. The number of hydrogen-bond acceptors (Lipinski definition) is 6. The van der Waals surface area contributed by atoms with Gasteiger partial charge in [-0.05, 0) is 42.5 Å². The van der Waals surface area contributed by atoms with Crippen LogP contribution in [0.15, 0.2) is 65.5 Å².